The molecule has 1 saturated carbocycles. The highest BCUT2D eigenvalue weighted by atomic mass is 35.5. The summed E-state index contributed by atoms with van der Waals surface area (Å²) in [6, 6.07) is 8.26. The van der Waals surface area contributed by atoms with Gasteiger partial charge in [-0.3, -0.25) is 4.79 Å². The molecule has 2 unspecified atom stereocenters. The summed E-state index contributed by atoms with van der Waals surface area (Å²) in [5.74, 6) is 0.743. The van der Waals surface area contributed by atoms with Gasteiger partial charge >= 0.3 is 0 Å². The van der Waals surface area contributed by atoms with Gasteiger partial charge in [0.15, 0.2) is 0 Å². The fraction of sp³-hybridized carbons (Fsp3) is 0.611. The average molecular weight is 306 g/mol. The minimum Gasteiger partial charge on any atom is -0.348 e. The normalized spacial score (nSPS) is 26.1. The van der Waals surface area contributed by atoms with Crippen LogP contribution in [0.1, 0.15) is 62.1 Å². The maximum atomic E-state index is 12.4. The van der Waals surface area contributed by atoms with Gasteiger partial charge in [0.25, 0.3) is 0 Å². The molecular formula is C18H24ClNO. The number of hydrogen-bond acceptors (Lipinski definition) is 1. The van der Waals surface area contributed by atoms with Gasteiger partial charge in [-0.15, -0.1) is 11.6 Å². The van der Waals surface area contributed by atoms with Crippen molar-refractivity contribution in [2.75, 3.05) is 0 Å². The van der Waals surface area contributed by atoms with Gasteiger partial charge < -0.3 is 5.32 Å². The summed E-state index contributed by atoms with van der Waals surface area (Å²) in [6.07, 6.45) is 9.16. The second kappa shape index (κ2) is 6.83. The molecule has 0 saturated heterocycles. The van der Waals surface area contributed by atoms with Gasteiger partial charge in [-0.05, 0) is 36.3 Å². The van der Waals surface area contributed by atoms with Gasteiger partial charge in [-0.1, -0.05) is 49.9 Å². The molecule has 0 heterocycles. The summed E-state index contributed by atoms with van der Waals surface area (Å²) >= 11 is 6.44. The zero-order valence-electron chi connectivity index (χ0n) is 12.5. The van der Waals surface area contributed by atoms with E-state index in [1.165, 1.54) is 49.7 Å². The number of halogens is 1. The lowest BCUT2D eigenvalue weighted by molar-refractivity contribution is -0.122. The number of rotatable bonds is 3. The van der Waals surface area contributed by atoms with E-state index in [9.17, 15) is 4.79 Å². The maximum Gasteiger partial charge on any atom is 0.220 e. The van der Waals surface area contributed by atoms with E-state index in [0.29, 0.717) is 12.3 Å². The van der Waals surface area contributed by atoms with Crippen LogP contribution in [0.15, 0.2) is 24.3 Å². The number of carbonyl (C=O) groups is 1. The summed E-state index contributed by atoms with van der Waals surface area (Å²) in [6.45, 7) is 0. The Kier molecular flexibility index (Phi) is 4.84. The van der Waals surface area contributed by atoms with Crippen LogP contribution < -0.4 is 5.32 Å². The molecule has 114 valence electrons. The van der Waals surface area contributed by atoms with Crippen LogP contribution in [0.2, 0.25) is 0 Å². The van der Waals surface area contributed by atoms with Crippen molar-refractivity contribution in [3.05, 3.63) is 35.4 Å². The zero-order chi connectivity index (χ0) is 14.7. The molecule has 1 fully saturated rings. The number of nitrogens with one attached hydrogen (secondary N) is 1. The summed E-state index contributed by atoms with van der Waals surface area (Å²) < 4.78 is 0. The molecule has 2 aliphatic rings. The molecule has 2 atom stereocenters. The summed E-state index contributed by atoms with van der Waals surface area (Å²) in [5.41, 5.74) is 2.48. The van der Waals surface area contributed by atoms with Crippen molar-refractivity contribution in [3.8, 4) is 0 Å². The van der Waals surface area contributed by atoms with Crippen molar-refractivity contribution < 1.29 is 4.79 Å². The van der Waals surface area contributed by atoms with E-state index in [4.69, 9.17) is 11.6 Å². The Labute approximate surface area is 132 Å². The molecule has 1 aromatic carbocycles. The first-order chi connectivity index (χ1) is 10.2. The molecule has 0 spiro atoms. The number of fused-ring (bicyclic) bond motifs is 1. The number of amides is 1. The molecule has 0 radical (unpaired) electrons. The Bertz CT molecular complexity index is 494. The van der Waals surface area contributed by atoms with Crippen molar-refractivity contribution in [1.29, 1.82) is 0 Å². The molecule has 0 aliphatic heterocycles. The van der Waals surface area contributed by atoms with Crippen LogP contribution >= 0.6 is 11.6 Å². The quantitative estimate of drug-likeness (QED) is 0.652. The fourth-order valence-electron chi connectivity index (χ4n) is 3.78. The first kappa shape index (κ1) is 14.9. The van der Waals surface area contributed by atoms with E-state index in [1.54, 1.807) is 0 Å². The largest absolute Gasteiger partial charge is 0.348 e. The standard InChI is InChI=1S/C18H24ClNO/c19-16-12-14-9-5-6-10-15(14)18(16)20-17(21)11-13-7-3-1-2-4-8-13/h5-6,9-10,13,16,18H,1-4,7-8,11-12H2,(H,20,21). The Morgan fingerprint density at radius 1 is 1.14 bits per heavy atom. The third-order valence-corrected chi connectivity index (χ3v) is 5.34. The highest BCUT2D eigenvalue weighted by Crippen LogP contribution is 2.35. The van der Waals surface area contributed by atoms with Crippen molar-refractivity contribution in [1.82, 2.24) is 5.32 Å². The van der Waals surface area contributed by atoms with Gasteiger partial charge in [-0.25, -0.2) is 0 Å². The van der Waals surface area contributed by atoms with E-state index in [0.717, 1.165) is 6.42 Å². The van der Waals surface area contributed by atoms with Gasteiger partial charge in [0.1, 0.15) is 0 Å². The Morgan fingerprint density at radius 2 is 1.86 bits per heavy atom. The van der Waals surface area contributed by atoms with E-state index in [2.05, 4.69) is 17.4 Å². The molecule has 1 amide bonds. The summed E-state index contributed by atoms with van der Waals surface area (Å²) in [4.78, 5) is 12.4. The highest BCUT2D eigenvalue weighted by Gasteiger charge is 2.32. The number of alkyl halides is 1. The smallest absolute Gasteiger partial charge is 0.220 e. The Morgan fingerprint density at radius 3 is 2.62 bits per heavy atom. The molecule has 3 rings (SSSR count). The minimum atomic E-state index is -0.0134. The third kappa shape index (κ3) is 3.60. The number of benzene rings is 1. The van der Waals surface area contributed by atoms with E-state index in [-0.39, 0.29) is 17.3 Å². The SMILES string of the molecule is O=C(CC1CCCCCC1)NC1c2ccccc2CC1Cl. The topological polar surface area (TPSA) is 29.1 Å². The molecule has 3 heteroatoms. The average Bonchev–Trinajstić information content (AvgIpc) is 2.66. The van der Waals surface area contributed by atoms with Crippen LogP contribution in [0.5, 0.6) is 0 Å². The van der Waals surface area contributed by atoms with Crippen LogP contribution in [0, 0.1) is 5.92 Å². The molecule has 2 aliphatic carbocycles. The zero-order valence-corrected chi connectivity index (χ0v) is 13.2. The lowest BCUT2D eigenvalue weighted by Gasteiger charge is -2.20. The lowest BCUT2D eigenvalue weighted by Crippen LogP contribution is -2.32. The maximum absolute atomic E-state index is 12.4. The van der Waals surface area contributed by atoms with Crippen LogP contribution in [-0.4, -0.2) is 11.3 Å². The van der Waals surface area contributed by atoms with E-state index >= 15 is 0 Å². The first-order valence-corrected chi connectivity index (χ1v) is 8.69. The van der Waals surface area contributed by atoms with Crippen molar-refractivity contribution >= 4 is 17.5 Å². The number of hydrogen-bond donors (Lipinski definition) is 1. The molecule has 0 aromatic heterocycles. The van der Waals surface area contributed by atoms with E-state index < -0.39 is 0 Å². The first-order valence-electron chi connectivity index (χ1n) is 8.25. The molecule has 1 aromatic rings. The van der Waals surface area contributed by atoms with Gasteiger partial charge in [0.05, 0.1) is 11.4 Å². The van der Waals surface area contributed by atoms with Gasteiger partial charge in [-0.2, -0.15) is 0 Å². The van der Waals surface area contributed by atoms with Gasteiger partial charge in [0.2, 0.25) is 5.91 Å². The van der Waals surface area contributed by atoms with Crippen molar-refractivity contribution in [2.24, 2.45) is 5.92 Å². The predicted octanol–water partition coefficient (Wildman–Crippen LogP) is 4.37. The highest BCUT2D eigenvalue weighted by molar-refractivity contribution is 6.21. The van der Waals surface area contributed by atoms with Crippen LogP contribution in [-0.2, 0) is 11.2 Å². The molecule has 21 heavy (non-hydrogen) atoms. The Hall–Kier alpha value is -1.02. The molecular weight excluding hydrogens is 282 g/mol. The van der Waals surface area contributed by atoms with Crippen LogP contribution in [0.25, 0.3) is 0 Å². The van der Waals surface area contributed by atoms with E-state index in [1.807, 2.05) is 12.1 Å². The Balaban J connectivity index is 1.59. The summed E-state index contributed by atoms with van der Waals surface area (Å²) in [5, 5.41) is 3.17. The molecule has 1 N–H and O–H groups in total. The minimum absolute atomic E-state index is 0.0128. The van der Waals surface area contributed by atoms with Crippen LogP contribution in [0.4, 0.5) is 0 Å². The summed E-state index contributed by atoms with van der Waals surface area (Å²) in [7, 11) is 0. The fourth-order valence-corrected chi connectivity index (χ4v) is 4.14. The van der Waals surface area contributed by atoms with Crippen LogP contribution in [0.3, 0.4) is 0 Å². The van der Waals surface area contributed by atoms with Crippen molar-refractivity contribution in [2.45, 2.75) is 62.8 Å². The second-order valence-electron chi connectivity index (χ2n) is 6.53. The lowest BCUT2D eigenvalue weighted by atomic mass is 9.96. The third-order valence-electron chi connectivity index (χ3n) is 4.93. The monoisotopic (exact) mass is 305 g/mol. The molecule has 0 bridgehead atoms. The second-order valence-corrected chi connectivity index (χ2v) is 7.09. The number of carbonyl (C=O) groups excluding carboxylic acids is 1. The van der Waals surface area contributed by atoms with Gasteiger partial charge in [0, 0.05) is 6.42 Å². The van der Waals surface area contributed by atoms with Crippen molar-refractivity contribution in [3.63, 3.8) is 0 Å². The molecule has 2 nitrogen and oxygen atoms in total. The predicted molar refractivity (Wildman–Crippen MR) is 86.5 cm³/mol.